The highest BCUT2D eigenvalue weighted by molar-refractivity contribution is 5.25. The number of rotatable bonds is 6. The molecule has 23 heavy (non-hydrogen) atoms. The first-order chi connectivity index (χ1) is 11.2. The highest BCUT2D eigenvalue weighted by Crippen LogP contribution is 2.23. The number of benzene rings is 1. The molecule has 0 bridgehead atoms. The van der Waals surface area contributed by atoms with Crippen molar-refractivity contribution in [1.29, 1.82) is 0 Å². The Morgan fingerprint density at radius 1 is 1.39 bits per heavy atom. The topological polar surface area (TPSA) is 60.6 Å². The van der Waals surface area contributed by atoms with Gasteiger partial charge in [0.15, 0.2) is 0 Å². The molecule has 0 spiro atoms. The number of nitrogens with zero attached hydrogens (tertiary/aromatic N) is 3. The molecule has 3 rings (SSSR count). The van der Waals surface area contributed by atoms with E-state index in [1.807, 2.05) is 0 Å². The van der Waals surface area contributed by atoms with E-state index < -0.39 is 0 Å². The number of halogens is 1. The third-order valence-electron chi connectivity index (χ3n) is 3.80. The second-order valence-electron chi connectivity index (χ2n) is 5.63. The smallest absolute Gasteiger partial charge is 0.318 e. The Labute approximate surface area is 134 Å². The molecule has 7 heteroatoms. The summed E-state index contributed by atoms with van der Waals surface area (Å²) in [5.41, 5.74) is 0. The predicted octanol–water partition coefficient (Wildman–Crippen LogP) is 2.65. The fourth-order valence-electron chi connectivity index (χ4n) is 2.70. The van der Waals surface area contributed by atoms with Gasteiger partial charge < -0.3 is 18.8 Å². The molecule has 2 aromatic rings. The number of piperidine rings is 1. The molecule has 1 aromatic carbocycles. The molecule has 1 fully saturated rings. The summed E-state index contributed by atoms with van der Waals surface area (Å²) < 4.78 is 29.4. The van der Waals surface area contributed by atoms with Gasteiger partial charge in [0.25, 0.3) is 0 Å². The lowest BCUT2D eigenvalue weighted by Gasteiger charge is -2.31. The zero-order valence-electron chi connectivity index (χ0n) is 13.1. The van der Waals surface area contributed by atoms with Crippen LogP contribution in [0.2, 0.25) is 0 Å². The minimum Gasteiger partial charge on any atom is -0.493 e. The lowest BCUT2D eigenvalue weighted by molar-refractivity contribution is 0.159. The molecule has 1 aliphatic heterocycles. The summed E-state index contributed by atoms with van der Waals surface area (Å²) in [7, 11) is 1.59. The molecular weight excluding hydrogens is 301 g/mol. The predicted molar refractivity (Wildman–Crippen MR) is 81.8 cm³/mol. The molecule has 0 radical (unpaired) electrons. The first-order valence-corrected chi connectivity index (χ1v) is 7.69. The quantitative estimate of drug-likeness (QED) is 0.815. The number of ether oxygens (including phenoxy) is 2. The van der Waals surface area contributed by atoms with Crippen LogP contribution in [-0.2, 0) is 11.3 Å². The SMILES string of the molecule is COCc1nnc(N2CCCC(COc3cccc(F)c3)C2)o1. The second kappa shape index (κ2) is 7.41. The maximum Gasteiger partial charge on any atom is 0.318 e. The molecule has 1 aromatic heterocycles. The molecule has 0 amide bonds. The van der Waals surface area contributed by atoms with Gasteiger partial charge in [-0.1, -0.05) is 11.2 Å². The van der Waals surface area contributed by atoms with Gasteiger partial charge in [-0.2, -0.15) is 0 Å². The standard InChI is InChI=1S/C16H20FN3O3/c1-21-11-15-18-19-16(23-15)20-7-3-4-12(9-20)10-22-14-6-2-5-13(17)8-14/h2,5-6,8,12H,3-4,7,9-11H2,1H3. The average Bonchev–Trinajstić information content (AvgIpc) is 3.02. The van der Waals surface area contributed by atoms with Crippen molar-refractivity contribution in [2.24, 2.45) is 5.92 Å². The van der Waals surface area contributed by atoms with Gasteiger partial charge in [0.05, 0.1) is 6.61 Å². The fraction of sp³-hybridized carbons (Fsp3) is 0.500. The molecular formula is C16H20FN3O3. The van der Waals surface area contributed by atoms with Gasteiger partial charge in [0.1, 0.15) is 18.2 Å². The summed E-state index contributed by atoms with van der Waals surface area (Å²) in [5.74, 6) is 1.08. The van der Waals surface area contributed by atoms with Crippen LogP contribution < -0.4 is 9.64 Å². The van der Waals surface area contributed by atoms with E-state index in [9.17, 15) is 4.39 Å². The molecule has 1 saturated heterocycles. The Morgan fingerprint density at radius 3 is 3.13 bits per heavy atom. The maximum atomic E-state index is 13.2. The maximum absolute atomic E-state index is 13.2. The highest BCUT2D eigenvalue weighted by atomic mass is 19.1. The number of anilines is 1. The van der Waals surface area contributed by atoms with E-state index in [1.165, 1.54) is 12.1 Å². The van der Waals surface area contributed by atoms with Crippen molar-refractivity contribution in [2.75, 3.05) is 31.7 Å². The van der Waals surface area contributed by atoms with E-state index in [0.29, 0.717) is 36.8 Å². The van der Waals surface area contributed by atoms with Crippen LogP contribution in [0.15, 0.2) is 28.7 Å². The van der Waals surface area contributed by atoms with Crippen molar-refractivity contribution < 1.29 is 18.3 Å². The molecule has 1 atom stereocenters. The third kappa shape index (κ3) is 4.19. The van der Waals surface area contributed by atoms with Crippen LogP contribution in [0.1, 0.15) is 18.7 Å². The Hall–Kier alpha value is -2.15. The van der Waals surface area contributed by atoms with E-state index in [4.69, 9.17) is 13.9 Å². The minimum absolute atomic E-state index is 0.288. The van der Waals surface area contributed by atoms with Gasteiger partial charge in [-0.15, -0.1) is 5.10 Å². The fourth-order valence-corrected chi connectivity index (χ4v) is 2.70. The van der Waals surface area contributed by atoms with Crippen LogP contribution in [-0.4, -0.2) is 37.0 Å². The normalized spacial score (nSPS) is 18.2. The van der Waals surface area contributed by atoms with E-state index in [2.05, 4.69) is 15.1 Å². The van der Waals surface area contributed by atoms with Gasteiger partial charge in [0, 0.05) is 32.2 Å². The minimum atomic E-state index is -0.288. The summed E-state index contributed by atoms with van der Waals surface area (Å²) >= 11 is 0. The summed E-state index contributed by atoms with van der Waals surface area (Å²) in [6.07, 6.45) is 2.09. The largest absolute Gasteiger partial charge is 0.493 e. The number of hydrogen-bond acceptors (Lipinski definition) is 6. The molecule has 2 heterocycles. The molecule has 0 aliphatic carbocycles. The summed E-state index contributed by atoms with van der Waals surface area (Å²) in [6, 6.07) is 6.73. The molecule has 1 aliphatic rings. The summed E-state index contributed by atoms with van der Waals surface area (Å²) in [6.45, 7) is 2.51. The highest BCUT2D eigenvalue weighted by Gasteiger charge is 2.24. The second-order valence-corrected chi connectivity index (χ2v) is 5.63. The Bertz CT molecular complexity index is 635. The van der Waals surface area contributed by atoms with Crippen LogP contribution in [0.25, 0.3) is 0 Å². The summed E-state index contributed by atoms with van der Waals surface area (Å²) in [5, 5.41) is 8.01. The van der Waals surface area contributed by atoms with E-state index >= 15 is 0 Å². The van der Waals surface area contributed by atoms with Gasteiger partial charge >= 0.3 is 6.01 Å². The van der Waals surface area contributed by atoms with E-state index in [-0.39, 0.29) is 5.82 Å². The van der Waals surface area contributed by atoms with Crippen molar-refractivity contribution in [3.63, 3.8) is 0 Å². The Morgan fingerprint density at radius 2 is 2.30 bits per heavy atom. The first kappa shape index (κ1) is 15.7. The van der Waals surface area contributed by atoms with Crippen molar-refractivity contribution >= 4 is 6.01 Å². The molecule has 1 unspecified atom stereocenters. The lowest BCUT2D eigenvalue weighted by atomic mass is 9.99. The Balaban J connectivity index is 1.55. The van der Waals surface area contributed by atoms with Gasteiger partial charge in [-0.05, 0) is 25.0 Å². The van der Waals surface area contributed by atoms with Crippen LogP contribution in [0.4, 0.5) is 10.4 Å². The van der Waals surface area contributed by atoms with Crippen LogP contribution in [0, 0.1) is 11.7 Å². The van der Waals surface area contributed by atoms with E-state index in [1.54, 1.807) is 19.2 Å². The van der Waals surface area contributed by atoms with Crippen molar-refractivity contribution in [3.05, 3.63) is 36.0 Å². The van der Waals surface area contributed by atoms with Gasteiger partial charge in [0.2, 0.25) is 5.89 Å². The molecule has 0 N–H and O–H groups in total. The summed E-state index contributed by atoms with van der Waals surface area (Å²) in [4.78, 5) is 2.06. The Kier molecular flexibility index (Phi) is 5.07. The van der Waals surface area contributed by atoms with Crippen LogP contribution in [0.3, 0.4) is 0 Å². The molecule has 124 valence electrons. The first-order valence-electron chi connectivity index (χ1n) is 7.69. The van der Waals surface area contributed by atoms with Crippen LogP contribution >= 0.6 is 0 Å². The number of methoxy groups -OCH3 is 1. The lowest BCUT2D eigenvalue weighted by Crippen LogP contribution is -2.38. The molecule has 0 saturated carbocycles. The van der Waals surface area contributed by atoms with Crippen molar-refractivity contribution in [1.82, 2.24) is 10.2 Å². The number of hydrogen-bond donors (Lipinski definition) is 0. The zero-order chi connectivity index (χ0) is 16.1. The average molecular weight is 321 g/mol. The van der Waals surface area contributed by atoms with Crippen LogP contribution in [0.5, 0.6) is 5.75 Å². The van der Waals surface area contributed by atoms with Crippen molar-refractivity contribution in [2.45, 2.75) is 19.4 Å². The van der Waals surface area contributed by atoms with E-state index in [0.717, 1.165) is 25.9 Å². The monoisotopic (exact) mass is 321 g/mol. The third-order valence-corrected chi connectivity index (χ3v) is 3.80. The number of aromatic nitrogens is 2. The van der Waals surface area contributed by atoms with Gasteiger partial charge in [-0.25, -0.2) is 4.39 Å². The zero-order valence-corrected chi connectivity index (χ0v) is 13.1. The molecule has 6 nitrogen and oxygen atoms in total. The van der Waals surface area contributed by atoms with Gasteiger partial charge in [-0.3, -0.25) is 0 Å². The van der Waals surface area contributed by atoms with Crippen molar-refractivity contribution in [3.8, 4) is 5.75 Å².